The van der Waals surface area contributed by atoms with Crippen LogP contribution in [0, 0.1) is 0 Å². The van der Waals surface area contributed by atoms with Crippen LogP contribution in [0.5, 0.6) is 0 Å². The molecule has 0 saturated carbocycles. The molecule has 0 radical (unpaired) electrons. The summed E-state index contributed by atoms with van der Waals surface area (Å²) in [5.41, 5.74) is 0. The van der Waals surface area contributed by atoms with E-state index in [0.29, 0.717) is 12.2 Å². The Balaban J connectivity index is 3.27. The van der Waals surface area contributed by atoms with E-state index in [4.69, 9.17) is 4.74 Å². The summed E-state index contributed by atoms with van der Waals surface area (Å²) in [5.74, 6) is 0. The van der Waals surface area contributed by atoms with Crippen molar-refractivity contribution < 1.29 is 4.74 Å². The molecule has 0 bridgehead atoms. The fourth-order valence-corrected chi connectivity index (χ4v) is 0.967. The minimum Gasteiger partial charge on any atom is -0.376 e. The van der Waals surface area contributed by atoms with Gasteiger partial charge in [0.25, 0.3) is 0 Å². The van der Waals surface area contributed by atoms with Gasteiger partial charge in [-0.1, -0.05) is 20.3 Å². The number of ether oxygens (including phenoxy) is 1. The molecule has 1 heteroatoms. The van der Waals surface area contributed by atoms with Crippen molar-refractivity contribution in [3.05, 3.63) is 0 Å². The van der Waals surface area contributed by atoms with E-state index in [2.05, 4.69) is 27.7 Å². The first-order valence-electron chi connectivity index (χ1n) is 4.36. The molecule has 0 N–H and O–H groups in total. The average Bonchev–Trinajstić information content (AvgIpc) is 1.88. The SMILES string of the molecule is CCC[C@@H](C)OC(C)CC. The summed E-state index contributed by atoms with van der Waals surface area (Å²) in [6.45, 7) is 8.63. The Kier molecular flexibility index (Phi) is 5.70. The zero-order chi connectivity index (χ0) is 7.98. The molecule has 0 heterocycles. The Morgan fingerprint density at radius 1 is 1.10 bits per heavy atom. The molecule has 0 spiro atoms. The molecular formula is C9H20O. The highest BCUT2D eigenvalue weighted by molar-refractivity contribution is 4.52. The molecule has 0 aromatic rings. The summed E-state index contributed by atoms with van der Waals surface area (Å²) in [5, 5.41) is 0. The third-order valence-electron chi connectivity index (χ3n) is 1.73. The standard InChI is InChI=1S/C9H20O/c1-5-7-9(4)10-8(3)6-2/h8-9H,5-7H2,1-4H3/t8?,9-/m1/s1. The van der Waals surface area contributed by atoms with Crippen LogP contribution in [0.2, 0.25) is 0 Å². The van der Waals surface area contributed by atoms with Gasteiger partial charge in [0, 0.05) is 0 Å². The average molecular weight is 144 g/mol. The molecule has 10 heavy (non-hydrogen) atoms. The van der Waals surface area contributed by atoms with E-state index < -0.39 is 0 Å². The van der Waals surface area contributed by atoms with Gasteiger partial charge in [-0.05, 0) is 26.7 Å². The van der Waals surface area contributed by atoms with E-state index in [1.54, 1.807) is 0 Å². The molecule has 62 valence electrons. The second kappa shape index (κ2) is 5.72. The molecule has 0 aliphatic carbocycles. The van der Waals surface area contributed by atoms with Crippen LogP contribution in [0.1, 0.15) is 47.0 Å². The Morgan fingerprint density at radius 2 is 1.70 bits per heavy atom. The zero-order valence-corrected chi connectivity index (χ0v) is 7.68. The van der Waals surface area contributed by atoms with Gasteiger partial charge in [0.05, 0.1) is 12.2 Å². The van der Waals surface area contributed by atoms with Gasteiger partial charge in [-0.2, -0.15) is 0 Å². The lowest BCUT2D eigenvalue weighted by atomic mass is 10.2. The smallest absolute Gasteiger partial charge is 0.0550 e. The maximum Gasteiger partial charge on any atom is 0.0550 e. The lowest BCUT2D eigenvalue weighted by Crippen LogP contribution is -2.15. The van der Waals surface area contributed by atoms with Crippen molar-refractivity contribution in [2.45, 2.75) is 59.2 Å². The summed E-state index contributed by atoms with van der Waals surface area (Å²) in [6.07, 6.45) is 4.40. The van der Waals surface area contributed by atoms with E-state index in [1.165, 1.54) is 12.8 Å². The van der Waals surface area contributed by atoms with E-state index in [0.717, 1.165) is 6.42 Å². The van der Waals surface area contributed by atoms with Crippen molar-refractivity contribution in [2.24, 2.45) is 0 Å². The monoisotopic (exact) mass is 144 g/mol. The van der Waals surface area contributed by atoms with Gasteiger partial charge in [-0.25, -0.2) is 0 Å². The van der Waals surface area contributed by atoms with Gasteiger partial charge < -0.3 is 4.74 Å². The van der Waals surface area contributed by atoms with Crippen LogP contribution >= 0.6 is 0 Å². The normalized spacial score (nSPS) is 16.8. The van der Waals surface area contributed by atoms with Crippen molar-refractivity contribution in [3.63, 3.8) is 0 Å². The van der Waals surface area contributed by atoms with E-state index in [9.17, 15) is 0 Å². The predicted octanol–water partition coefficient (Wildman–Crippen LogP) is 2.99. The van der Waals surface area contributed by atoms with Gasteiger partial charge in [0.2, 0.25) is 0 Å². The molecule has 0 saturated heterocycles. The number of hydrogen-bond donors (Lipinski definition) is 0. The van der Waals surface area contributed by atoms with Crippen LogP contribution in [-0.2, 0) is 4.74 Å². The summed E-state index contributed by atoms with van der Waals surface area (Å²) < 4.78 is 5.64. The van der Waals surface area contributed by atoms with Crippen molar-refractivity contribution in [2.75, 3.05) is 0 Å². The largest absolute Gasteiger partial charge is 0.376 e. The molecule has 0 amide bonds. The Morgan fingerprint density at radius 3 is 2.10 bits per heavy atom. The molecule has 0 rings (SSSR count). The van der Waals surface area contributed by atoms with Crippen LogP contribution in [-0.4, -0.2) is 12.2 Å². The fourth-order valence-electron chi connectivity index (χ4n) is 0.967. The second-order valence-electron chi connectivity index (χ2n) is 2.95. The number of rotatable bonds is 5. The van der Waals surface area contributed by atoms with Gasteiger partial charge in [0.1, 0.15) is 0 Å². The van der Waals surface area contributed by atoms with Gasteiger partial charge >= 0.3 is 0 Å². The molecule has 0 aromatic heterocycles. The van der Waals surface area contributed by atoms with E-state index >= 15 is 0 Å². The Hall–Kier alpha value is -0.0400. The molecular weight excluding hydrogens is 124 g/mol. The lowest BCUT2D eigenvalue weighted by molar-refractivity contribution is 0.00228. The van der Waals surface area contributed by atoms with E-state index in [-0.39, 0.29) is 0 Å². The molecule has 1 nitrogen and oxygen atoms in total. The van der Waals surface area contributed by atoms with Gasteiger partial charge in [-0.3, -0.25) is 0 Å². The molecule has 0 aliphatic rings. The van der Waals surface area contributed by atoms with Crippen LogP contribution in [0.4, 0.5) is 0 Å². The third kappa shape index (κ3) is 4.80. The van der Waals surface area contributed by atoms with Crippen molar-refractivity contribution in [1.29, 1.82) is 0 Å². The van der Waals surface area contributed by atoms with E-state index in [1.807, 2.05) is 0 Å². The Bertz CT molecular complexity index is 71.1. The van der Waals surface area contributed by atoms with Crippen molar-refractivity contribution >= 4 is 0 Å². The van der Waals surface area contributed by atoms with Crippen LogP contribution in [0.25, 0.3) is 0 Å². The molecule has 2 atom stereocenters. The maximum absolute atomic E-state index is 5.64. The van der Waals surface area contributed by atoms with Gasteiger partial charge in [-0.15, -0.1) is 0 Å². The zero-order valence-electron chi connectivity index (χ0n) is 7.68. The number of hydrogen-bond acceptors (Lipinski definition) is 1. The van der Waals surface area contributed by atoms with Crippen LogP contribution < -0.4 is 0 Å². The third-order valence-corrected chi connectivity index (χ3v) is 1.73. The topological polar surface area (TPSA) is 9.23 Å². The van der Waals surface area contributed by atoms with Crippen molar-refractivity contribution in [3.8, 4) is 0 Å². The molecule has 0 aliphatic heterocycles. The fraction of sp³-hybridized carbons (Fsp3) is 1.00. The predicted molar refractivity (Wildman–Crippen MR) is 45.2 cm³/mol. The summed E-state index contributed by atoms with van der Waals surface area (Å²) in [6, 6.07) is 0. The molecule has 1 unspecified atom stereocenters. The molecule has 0 fully saturated rings. The van der Waals surface area contributed by atoms with Crippen LogP contribution in [0.15, 0.2) is 0 Å². The Labute approximate surface area is 64.8 Å². The highest BCUT2D eigenvalue weighted by Crippen LogP contribution is 2.06. The second-order valence-corrected chi connectivity index (χ2v) is 2.95. The van der Waals surface area contributed by atoms with Crippen LogP contribution in [0.3, 0.4) is 0 Å². The summed E-state index contributed by atoms with van der Waals surface area (Å²) in [7, 11) is 0. The minimum atomic E-state index is 0.432. The highest BCUT2D eigenvalue weighted by Gasteiger charge is 2.04. The molecule has 0 aromatic carbocycles. The maximum atomic E-state index is 5.64. The lowest BCUT2D eigenvalue weighted by Gasteiger charge is -2.16. The van der Waals surface area contributed by atoms with Crippen molar-refractivity contribution in [1.82, 2.24) is 0 Å². The van der Waals surface area contributed by atoms with Gasteiger partial charge in [0.15, 0.2) is 0 Å². The quantitative estimate of drug-likeness (QED) is 0.576. The summed E-state index contributed by atoms with van der Waals surface area (Å²) >= 11 is 0. The first-order valence-corrected chi connectivity index (χ1v) is 4.36. The summed E-state index contributed by atoms with van der Waals surface area (Å²) in [4.78, 5) is 0. The minimum absolute atomic E-state index is 0.432. The highest BCUT2D eigenvalue weighted by atomic mass is 16.5. The first-order chi connectivity index (χ1) is 4.70. The first kappa shape index (κ1) is 9.96.